The van der Waals surface area contributed by atoms with Gasteiger partial charge in [0.25, 0.3) is 0 Å². The largest absolute Gasteiger partial charge is 0.461 e. The summed E-state index contributed by atoms with van der Waals surface area (Å²) in [4.78, 5) is 76.9. The van der Waals surface area contributed by atoms with Crippen molar-refractivity contribution in [3.63, 3.8) is 0 Å². The highest BCUT2D eigenvalue weighted by Crippen LogP contribution is 2.50. The number of carbonyl (C=O) groups excluding carboxylic acids is 6. The first-order chi connectivity index (χ1) is 36.6. The Morgan fingerprint density at radius 1 is 0.474 bits per heavy atom. The number of ether oxygens (including phenoxy) is 4. The zero-order valence-corrected chi connectivity index (χ0v) is 46.8. The van der Waals surface area contributed by atoms with Crippen molar-refractivity contribution in [1.82, 2.24) is 20.6 Å². The average Bonchev–Trinajstić information content (AvgIpc) is 4.16. The summed E-state index contributed by atoms with van der Waals surface area (Å²) in [5, 5.41) is 16.8. The Balaban J connectivity index is 0.000000226. The van der Waals surface area contributed by atoms with Gasteiger partial charge in [-0.3, -0.25) is 28.8 Å². The Hall–Kier alpha value is -7.50. The van der Waals surface area contributed by atoms with Crippen molar-refractivity contribution in [3.05, 3.63) is 118 Å². The molecule has 0 saturated heterocycles. The third-order valence-corrected chi connectivity index (χ3v) is 12.5. The molecule has 0 radical (unpaired) electrons. The summed E-state index contributed by atoms with van der Waals surface area (Å²) in [6.45, 7) is 21.8. The first kappa shape index (κ1) is 58.2. The minimum atomic E-state index is -0.680. The molecule has 416 valence electrons. The Labute approximate surface area is 454 Å². The lowest BCUT2D eigenvalue weighted by molar-refractivity contribution is -0.157. The van der Waals surface area contributed by atoms with Crippen molar-refractivity contribution in [2.45, 2.75) is 183 Å². The molecule has 2 aromatic carbocycles. The van der Waals surface area contributed by atoms with Gasteiger partial charge in [0.2, 0.25) is 23.1 Å². The summed E-state index contributed by atoms with van der Waals surface area (Å²) in [7, 11) is 0. The maximum Gasteiger partial charge on any atom is 0.307 e. The van der Waals surface area contributed by atoms with E-state index in [0.717, 1.165) is 47.9 Å². The lowest BCUT2D eigenvalue weighted by atomic mass is 9.89. The minimum absolute atomic E-state index is 0.0734. The van der Waals surface area contributed by atoms with E-state index >= 15 is 0 Å². The van der Waals surface area contributed by atoms with Crippen LogP contribution in [0.3, 0.4) is 0 Å². The fraction of sp³-hybridized carbons (Fsp3) is 0.500. The van der Waals surface area contributed by atoms with Crippen LogP contribution in [0.4, 0.5) is 0 Å². The van der Waals surface area contributed by atoms with Gasteiger partial charge in [0.15, 0.2) is 22.9 Å². The topological polar surface area (TPSA) is 243 Å². The number of aromatic nitrogens is 4. The van der Waals surface area contributed by atoms with E-state index in [1.165, 1.54) is 0 Å². The van der Waals surface area contributed by atoms with Crippen molar-refractivity contribution in [2.24, 2.45) is 10.8 Å². The van der Waals surface area contributed by atoms with E-state index in [4.69, 9.17) is 37.0 Å². The van der Waals surface area contributed by atoms with Crippen LogP contribution in [-0.2, 0) is 51.3 Å². The van der Waals surface area contributed by atoms with E-state index in [1.54, 1.807) is 95.2 Å². The smallest absolute Gasteiger partial charge is 0.307 e. The first-order valence-corrected chi connectivity index (χ1v) is 26.5. The van der Waals surface area contributed by atoms with Crippen molar-refractivity contribution < 1.29 is 65.8 Å². The van der Waals surface area contributed by atoms with E-state index < -0.39 is 57.7 Å². The molecular weight excluding hydrogens is 1000 g/mol. The van der Waals surface area contributed by atoms with Crippen LogP contribution >= 0.6 is 0 Å². The molecule has 0 spiro atoms. The number of esters is 4. The molecule has 2 saturated carbocycles. The van der Waals surface area contributed by atoms with E-state index in [9.17, 15) is 28.8 Å². The van der Waals surface area contributed by atoms with E-state index in [2.05, 4.69) is 20.6 Å². The van der Waals surface area contributed by atoms with Crippen LogP contribution < -0.4 is 0 Å². The summed E-state index contributed by atoms with van der Waals surface area (Å²) in [6, 6.07) is 21.9. The Kier molecular flexibility index (Phi) is 17.9. The van der Waals surface area contributed by atoms with Crippen molar-refractivity contribution >= 4 is 35.4 Å². The number of carbonyl (C=O) groups is 6. The highest BCUT2D eigenvalue weighted by atomic mass is 16.6. The van der Waals surface area contributed by atoms with Crippen LogP contribution in [0, 0.1) is 10.8 Å². The van der Waals surface area contributed by atoms with Crippen molar-refractivity contribution in [2.75, 3.05) is 0 Å². The quantitative estimate of drug-likeness (QED) is 0.0392. The maximum absolute atomic E-state index is 12.9. The van der Waals surface area contributed by atoms with Crippen molar-refractivity contribution in [1.29, 1.82) is 0 Å². The Morgan fingerprint density at radius 3 is 1.12 bits per heavy atom. The molecule has 0 aliphatic heterocycles. The minimum Gasteiger partial charge on any atom is -0.461 e. The SMILES string of the molecule is CC(C)(C)OC(=O)C[C@@H](CC(=O)OCc1ccccc1)c1noc(-c2cc(C(=O)C(C)(C)C)on2)c1C1CC1.CC(C)(C)OC(=O)C[C@@H](CC(=O)OCc1ccccc1)c1noc(-c2cc(C(=O)C(C)(C)C)on2)c1C1CC1. The fourth-order valence-electron chi connectivity index (χ4n) is 8.52. The highest BCUT2D eigenvalue weighted by molar-refractivity contribution is 5.98. The predicted octanol–water partition coefficient (Wildman–Crippen LogP) is 12.8. The van der Waals surface area contributed by atoms with E-state index in [-0.39, 0.29) is 73.8 Å². The molecule has 6 aromatic rings. The van der Waals surface area contributed by atoms with Crippen LogP contribution in [0.15, 0.2) is 90.9 Å². The number of ketones is 2. The van der Waals surface area contributed by atoms with Gasteiger partial charge in [-0.25, -0.2) is 0 Å². The number of Topliss-reactive ketones (excluding diaryl/α,β-unsaturated/α-hetero) is 2. The molecule has 2 fully saturated rings. The third kappa shape index (κ3) is 16.3. The van der Waals surface area contributed by atoms with Crippen LogP contribution in [0.5, 0.6) is 0 Å². The average molecular weight is 1070 g/mol. The summed E-state index contributed by atoms with van der Waals surface area (Å²) in [5.74, 6) is -2.12. The Morgan fingerprint density at radius 2 is 0.808 bits per heavy atom. The number of rotatable bonds is 20. The molecule has 2 aliphatic carbocycles. The molecule has 4 aromatic heterocycles. The predicted molar refractivity (Wildman–Crippen MR) is 284 cm³/mol. The Bertz CT molecular complexity index is 2850. The van der Waals surface area contributed by atoms with Crippen LogP contribution in [-0.4, -0.2) is 67.3 Å². The molecule has 2 aliphatic rings. The molecule has 4 heterocycles. The standard InChI is InChI=1S/2C30H36N2O7/c2*1-29(2,3)28(35)22-16-21(31-38-22)27-25(19-12-13-19)26(32-39-27)20(15-24(34)37-30(4,5)6)14-23(33)36-17-18-10-8-7-9-11-18/h2*7-11,16,19-20H,12-15,17H2,1-6H3/t2*20-/m11/s1. The van der Waals surface area contributed by atoms with Gasteiger partial charge in [0.05, 0.1) is 37.1 Å². The summed E-state index contributed by atoms with van der Waals surface area (Å²) in [5.41, 5.74) is 2.36. The second-order valence-electron chi connectivity index (χ2n) is 24.2. The molecule has 18 nitrogen and oxygen atoms in total. The summed E-state index contributed by atoms with van der Waals surface area (Å²) >= 11 is 0. The van der Waals surface area contributed by atoms with Crippen molar-refractivity contribution in [3.8, 4) is 22.9 Å². The van der Waals surface area contributed by atoms with Gasteiger partial charge in [0.1, 0.15) is 24.4 Å². The molecule has 0 bridgehead atoms. The second kappa shape index (κ2) is 24.0. The highest BCUT2D eigenvalue weighted by Gasteiger charge is 2.41. The van der Waals surface area contributed by atoms with Crippen LogP contribution in [0.2, 0.25) is 0 Å². The van der Waals surface area contributed by atoms with Gasteiger partial charge in [-0.1, -0.05) is 123 Å². The second-order valence-corrected chi connectivity index (χ2v) is 24.2. The molecule has 0 amide bonds. The lowest BCUT2D eigenvalue weighted by Crippen LogP contribution is -2.26. The van der Waals surface area contributed by atoms with Gasteiger partial charge in [-0.05, 0) is 90.2 Å². The number of benzene rings is 2. The van der Waals surface area contributed by atoms with Crippen LogP contribution in [0.25, 0.3) is 22.9 Å². The molecule has 0 N–H and O–H groups in total. The van der Waals surface area contributed by atoms with E-state index in [0.29, 0.717) is 34.3 Å². The number of hydrogen-bond acceptors (Lipinski definition) is 18. The number of hydrogen-bond donors (Lipinski definition) is 0. The maximum atomic E-state index is 12.9. The van der Waals surface area contributed by atoms with Gasteiger partial charge in [-0.2, -0.15) is 0 Å². The summed E-state index contributed by atoms with van der Waals surface area (Å²) < 4.78 is 44.4. The monoisotopic (exact) mass is 1070 g/mol. The van der Waals surface area contributed by atoms with E-state index in [1.807, 2.05) is 60.7 Å². The molecule has 18 heteroatoms. The van der Waals surface area contributed by atoms with Gasteiger partial charge < -0.3 is 37.0 Å². The molecule has 8 rings (SSSR count). The van der Waals surface area contributed by atoms with Gasteiger partial charge in [-0.15, -0.1) is 0 Å². The number of nitrogens with zero attached hydrogens (tertiary/aromatic N) is 4. The fourth-order valence-corrected chi connectivity index (χ4v) is 8.52. The molecule has 0 unspecified atom stereocenters. The van der Waals surface area contributed by atoms with Crippen LogP contribution in [0.1, 0.15) is 213 Å². The molecule has 78 heavy (non-hydrogen) atoms. The van der Waals surface area contributed by atoms with Gasteiger partial charge in [0, 0.05) is 45.9 Å². The third-order valence-electron chi connectivity index (χ3n) is 12.5. The zero-order chi connectivity index (χ0) is 56.7. The first-order valence-electron chi connectivity index (χ1n) is 26.5. The zero-order valence-electron chi connectivity index (χ0n) is 46.8. The van der Waals surface area contributed by atoms with Gasteiger partial charge >= 0.3 is 23.9 Å². The lowest BCUT2D eigenvalue weighted by Gasteiger charge is -2.22. The normalized spacial score (nSPS) is 14.6. The molecule has 2 atom stereocenters. The summed E-state index contributed by atoms with van der Waals surface area (Å²) in [6.07, 6.45) is 3.32. The molecular formula is C60H72N4O14.